The van der Waals surface area contributed by atoms with Gasteiger partial charge in [0.25, 0.3) is 0 Å². The van der Waals surface area contributed by atoms with Crippen LogP contribution in [0, 0.1) is 10.6 Å². The maximum atomic E-state index is 13.5. The number of hydrogen-bond donors (Lipinski definition) is 1. The van der Waals surface area contributed by atoms with Crippen molar-refractivity contribution in [1.29, 1.82) is 0 Å². The van der Waals surface area contributed by atoms with E-state index in [1.807, 2.05) is 31.2 Å². The molecule has 102 valence electrons. The quantitative estimate of drug-likeness (QED) is 0.731. The van der Waals surface area contributed by atoms with Crippen molar-refractivity contribution in [2.45, 2.75) is 6.92 Å². The van der Waals surface area contributed by atoms with E-state index in [1.165, 1.54) is 12.1 Å². The molecule has 0 spiro atoms. The van der Waals surface area contributed by atoms with Crippen LogP contribution in [0.2, 0.25) is 0 Å². The van der Waals surface area contributed by atoms with Gasteiger partial charge in [-0.15, -0.1) is 0 Å². The number of H-pyrrole nitrogens is 1. The van der Waals surface area contributed by atoms with Gasteiger partial charge in [-0.25, -0.2) is 4.39 Å². The Kier molecular flexibility index (Phi) is 3.28. The topological polar surface area (TPSA) is 29.9 Å². The number of fused-ring (bicyclic) bond motifs is 1. The van der Waals surface area contributed by atoms with E-state index >= 15 is 0 Å². The molecule has 0 bridgehead atoms. The lowest BCUT2D eigenvalue weighted by Crippen LogP contribution is -1.96. The summed E-state index contributed by atoms with van der Waals surface area (Å²) in [6.45, 7) is 2.52. The summed E-state index contributed by atoms with van der Waals surface area (Å²) in [5.74, 6) is 0.471. The minimum atomic E-state index is -0.291. The molecule has 0 unspecified atom stereocenters. The zero-order chi connectivity index (χ0) is 14.1. The number of nitrogens with one attached hydrogen (secondary N) is 1. The molecule has 0 saturated heterocycles. The number of hydrogen-bond acceptors (Lipinski definition) is 2. The van der Waals surface area contributed by atoms with Crippen molar-refractivity contribution in [2.75, 3.05) is 6.61 Å². The molecule has 5 heteroatoms. The number of aromatic nitrogens is 2. The van der Waals surface area contributed by atoms with E-state index in [9.17, 15) is 4.39 Å². The first kappa shape index (κ1) is 12.9. The molecule has 2 aromatic carbocycles. The van der Waals surface area contributed by atoms with Gasteiger partial charge in [0.05, 0.1) is 23.3 Å². The first-order chi connectivity index (χ1) is 9.69. The Balaban J connectivity index is 2.23. The Bertz CT molecular complexity index is 822. The van der Waals surface area contributed by atoms with Crippen LogP contribution >= 0.6 is 12.2 Å². The fraction of sp³-hybridized carbons (Fsp3) is 0.133. The molecule has 3 nitrogen and oxygen atoms in total. The van der Waals surface area contributed by atoms with Gasteiger partial charge in [-0.2, -0.15) is 0 Å². The highest BCUT2D eigenvalue weighted by atomic mass is 32.1. The van der Waals surface area contributed by atoms with Crippen molar-refractivity contribution in [2.24, 2.45) is 0 Å². The second-order valence-electron chi connectivity index (χ2n) is 4.36. The van der Waals surface area contributed by atoms with Crippen LogP contribution in [0.4, 0.5) is 4.39 Å². The van der Waals surface area contributed by atoms with Crippen molar-refractivity contribution in [3.05, 3.63) is 53.1 Å². The number of rotatable bonds is 3. The van der Waals surface area contributed by atoms with Gasteiger partial charge >= 0.3 is 0 Å². The average molecular weight is 288 g/mol. The van der Waals surface area contributed by atoms with E-state index < -0.39 is 0 Å². The molecule has 3 rings (SSSR count). The lowest BCUT2D eigenvalue weighted by atomic mass is 10.2. The van der Waals surface area contributed by atoms with Crippen molar-refractivity contribution < 1.29 is 9.13 Å². The first-order valence-corrected chi connectivity index (χ1v) is 6.73. The number of imidazole rings is 1. The molecule has 1 N–H and O–H groups in total. The third-order valence-electron chi connectivity index (χ3n) is 3.03. The van der Waals surface area contributed by atoms with E-state index in [1.54, 1.807) is 10.6 Å². The molecular formula is C15H13FN2OS. The van der Waals surface area contributed by atoms with Crippen molar-refractivity contribution in [3.63, 3.8) is 0 Å². The Morgan fingerprint density at radius 2 is 2.10 bits per heavy atom. The third kappa shape index (κ3) is 2.20. The molecule has 1 aromatic heterocycles. The number of nitrogens with zero attached hydrogens (tertiary/aromatic N) is 1. The molecule has 0 atom stereocenters. The van der Waals surface area contributed by atoms with Gasteiger partial charge in [0.2, 0.25) is 0 Å². The van der Waals surface area contributed by atoms with Crippen LogP contribution in [0.5, 0.6) is 5.75 Å². The summed E-state index contributed by atoms with van der Waals surface area (Å²) in [6.07, 6.45) is 0. The van der Waals surface area contributed by atoms with Crippen LogP contribution in [0.3, 0.4) is 0 Å². The molecule has 0 fully saturated rings. The van der Waals surface area contributed by atoms with Gasteiger partial charge in [-0.05, 0) is 43.4 Å². The van der Waals surface area contributed by atoms with Gasteiger partial charge in [0, 0.05) is 12.1 Å². The fourth-order valence-corrected chi connectivity index (χ4v) is 2.53. The second kappa shape index (κ2) is 5.09. The van der Waals surface area contributed by atoms with E-state index in [2.05, 4.69) is 4.98 Å². The van der Waals surface area contributed by atoms with Gasteiger partial charge < -0.3 is 9.72 Å². The smallest absolute Gasteiger partial charge is 0.182 e. The molecule has 0 aliphatic heterocycles. The summed E-state index contributed by atoms with van der Waals surface area (Å²) >= 11 is 5.33. The van der Waals surface area contributed by atoms with Crippen LogP contribution in [0.25, 0.3) is 16.7 Å². The SMILES string of the molecule is CCOc1cccc(-n2c(=S)[nH]c3ccc(F)cc32)c1. The summed E-state index contributed by atoms with van der Waals surface area (Å²) in [6, 6.07) is 12.1. The van der Waals surface area contributed by atoms with Crippen LogP contribution in [0.1, 0.15) is 6.92 Å². The summed E-state index contributed by atoms with van der Waals surface area (Å²) in [7, 11) is 0. The molecule has 0 radical (unpaired) electrons. The highest BCUT2D eigenvalue weighted by Crippen LogP contribution is 2.23. The Hall–Kier alpha value is -2.14. The molecule has 20 heavy (non-hydrogen) atoms. The van der Waals surface area contributed by atoms with E-state index in [0.29, 0.717) is 16.9 Å². The standard InChI is InChI=1S/C15H13FN2OS/c1-2-19-12-5-3-4-11(9-12)18-14-8-10(16)6-7-13(14)17-15(18)20/h3-9H,2H2,1H3,(H,17,20). The minimum Gasteiger partial charge on any atom is -0.494 e. The van der Waals surface area contributed by atoms with Crippen LogP contribution < -0.4 is 4.74 Å². The van der Waals surface area contributed by atoms with Crippen LogP contribution in [-0.2, 0) is 0 Å². The Morgan fingerprint density at radius 1 is 1.25 bits per heavy atom. The highest BCUT2D eigenvalue weighted by Gasteiger charge is 2.08. The van der Waals surface area contributed by atoms with Crippen molar-refractivity contribution >= 4 is 23.3 Å². The zero-order valence-corrected chi connectivity index (χ0v) is 11.7. The normalized spacial score (nSPS) is 10.9. The molecule has 0 aliphatic carbocycles. The summed E-state index contributed by atoms with van der Waals surface area (Å²) < 4.78 is 21.3. The molecule has 0 amide bonds. The molecular weight excluding hydrogens is 275 g/mol. The van der Waals surface area contributed by atoms with E-state index in [0.717, 1.165) is 17.0 Å². The predicted molar refractivity (Wildman–Crippen MR) is 79.6 cm³/mol. The summed E-state index contributed by atoms with van der Waals surface area (Å²) in [5, 5.41) is 0. The maximum Gasteiger partial charge on any atom is 0.182 e. The minimum absolute atomic E-state index is 0.291. The second-order valence-corrected chi connectivity index (χ2v) is 4.74. The lowest BCUT2D eigenvalue weighted by Gasteiger charge is -2.08. The van der Waals surface area contributed by atoms with Crippen molar-refractivity contribution in [3.8, 4) is 11.4 Å². The third-order valence-corrected chi connectivity index (χ3v) is 3.32. The highest BCUT2D eigenvalue weighted by molar-refractivity contribution is 7.71. The molecule has 3 aromatic rings. The van der Waals surface area contributed by atoms with Gasteiger partial charge in [-0.3, -0.25) is 4.57 Å². The summed E-state index contributed by atoms with van der Waals surface area (Å²) in [5.41, 5.74) is 2.36. The molecule has 1 heterocycles. The number of aromatic amines is 1. The predicted octanol–water partition coefficient (Wildman–Crippen LogP) is 4.23. The van der Waals surface area contributed by atoms with Gasteiger partial charge in [0.15, 0.2) is 4.77 Å². The van der Waals surface area contributed by atoms with Crippen LogP contribution in [-0.4, -0.2) is 16.2 Å². The Labute approximate surface area is 120 Å². The number of benzene rings is 2. The maximum absolute atomic E-state index is 13.5. The average Bonchev–Trinajstić information content (AvgIpc) is 2.75. The van der Waals surface area contributed by atoms with Gasteiger partial charge in [0.1, 0.15) is 11.6 Å². The lowest BCUT2D eigenvalue weighted by molar-refractivity contribution is 0.340. The van der Waals surface area contributed by atoms with E-state index in [-0.39, 0.29) is 5.82 Å². The van der Waals surface area contributed by atoms with Crippen LogP contribution in [0.15, 0.2) is 42.5 Å². The fourth-order valence-electron chi connectivity index (χ4n) is 2.21. The first-order valence-electron chi connectivity index (χ1n) is 6.32. The van der Waals surface area contributed by atoms with Crippen molar-refractivity contribution in [1.82, 2.24) is 9.55 Å². The Morgan fingerprint density at radius 3 is 2.90 bits per heavy atom. The molecule has 0 saturated carbocycles. The number of ether oxygens (including phenoxy) is 1. The van der Waals surface area contributed by atoms with E-state index in [4.69, 9.17) is 17.0 Å². The van der Waals surface area contributed by atoms with Gasteiger partial charge in [-0.1, -0.05) is 6.07 Å². The zero-order valence-electron chi connectivity index (χ0n) is 10.9. The summed E-state index contributed by atoms with van der Waals surface area (Å²) in [4.78, 5) is 3.07. The number of halogens is 1. The molecule has 0 aliphatic rings. The monoisotopic (exact) mass is 288 g/mol. The largest absolute Gasteiger partial charge is 0.494 e.